The molecule has 3 aliphatic carbocycles. The quantitative estimate of drug-likeness (QED) is 0.468. The van der Waals surface area contributed by atoms with E-state index in [-0.39, 0.29) is 5.97 Å². The van der Waals surface area contributed by atoms with E-state index in [1.807, 2.05) is 0 Å². The van der Waals surface area contributed by atoms with Crippen molar-refractivity contribution < 1.29 is 9.53 Å². The van der Waals surface area contributed by atoms with Gasteiger partial charge in [0.05, 0.1) is 0 Å². The van der Waals surface area contributed by atoms with Gasteiger partial charge in [-0.05, 0) is 79.1 Å². The first-order valence-corrected chi connectivity index (χ1v) is 11.6. The van der Waals surface area contributed by atoms with Crippen LogP contribution in [0.15, 0.2) is 11.8 Å². The van der Waals surface area contributed by atoms with Gasteiger partial charge >= 0.3 is 5.97 Å². The molecule has 3 aliphatic rings. The maximum absolute atomic E-state index is 11.4. The Morgan fingerprint density at radius 1 is 1.19 bits per heavy atom. The number of allylic oxidation sites excluding steroid dienone is 2. The van der Waals surface area contributed by atoms with Crippen molar-refractivity contribution in [2.24, 2.45) is 46.8 Å². The summed E-state index contributed by atoms with van der Waals surface area (Å²) >= 11 is 0. The Hall–Kier alpha value is -0.790. The van der Waals surface area contributed by atoms with Crippen LogP contribution in [0.3, 0.4) is 0 Å². The number of esters is 1. The highest BCUT2D eigenvalue weighted by molar-refractivity contribution is 5.67. The second-order valence-corrected chi connectivity index (χ2v) is 10.7. The molecule has 7 atom stereocenters. The molecular weight excluding hydrogens is 332 g/mol. The molecule has 0 aliphatic heterocycles. The fourth-order valence-corrected chi connectivity index (χ4v) is 7.25. The number of fused-ring (bicyclic) bond motifs is 3. The molecule has 0 spiro atoms. The SMILES string of the molecule is CC(=O)OC1=CC[C@@H]2[C@H](CC[C@@]3(C)[C@@H]([C@H](C)CCCC(C)C)CC[C@@H]23)[C@H]1C. The molecule has 0 unspecified atom stereocenters. The van der Waals surface area contributed by atoms with E-state index in [0.29, 0.717) is 17.3 Å². The van der Waals surface area contributed by atoms with E-state index in [1.54, 1.807) is 0 Å². The Balaban J connectivity index is 1.69. The summed E-state index contributed by atoms with van der Waals surface area (Å²) in [6.07, 6.45) is 13.1. The van der Waals surface area contributed by atoms with Gasteiger partial charge in [0, 0.05) is 12.8 Å². The van der Waals surface area contributed by atoms with Crippen LogP contribution in [-0.2, 0) is 9.53 Å². The molecule has 0 saturated heterocycles. The van der Waals surface area contributed by atoms with Crippen molar-refractivity contribution in [3.8, 4) is 0 Å². The van der Waals surface area contributed by atoms with E-state index in [4.69, 9.17) is 4.74 Å². The zero-order valence-electron chi connectivity index (χ0n) is 18.6. The topological polar surface area (TPSA) is 26.3 Å². The summed E-state index contributed by atoms with van der Waals surface area (Å²) in [5.41, 5.74) is 0.533. The lowest BCUT2D eigenvalue weighted by Gasteiger charge is -2.52. The number of hydrogen-bond donors (Lipinski definition) is 0. The lowest BCUT2D eigenvalue weighted by atomic mass is 9.53. The third-order valence-corrected chi connectivity index (χ3v) is 8.64. The smallest absolute Gasteiger partial charge is 0.307 e. The van der Waals surface area contributed by atoms with Crippen LogP contribution in [0, 0.1) is 46.8 Å². The van der Waals surface area contributed by atoms with Gasteiger partial charge in [-0.15, -0.1) is 0 Å². The number of ether oxygens (including phenoxy) is 1. The summed E-state index contributed by atoms with van der Waals surface area (Å²) in [6.45, 7) is 13.7. The van der Waals surface area contributed by atoms with Gasteiger partial charge in [0.2, 0.25) is 0 Å². The average Bonchev–Trinajstić information content (AvgIpc) is 2.94. The molecule has 2 heteroatoms. The maximum atomic E-state index is 11.4. The van der Waals surface area contributed by atoms with Crippen LogP contribution in [0.25, 0.3) is 0 Å². The van der Waals surface area contributed by atoms with Crippen molar-refractivity contribution in [2.75, 3.05) is 0 Å². The minimum Gasteiger partial charge on any atom is -0.431 e. The molecule has 0 aromatic heterocycles. The normalized spacial score (nSPS) is 39.5. The second kappa shape index (κ2) is 8.29. The Kier molecular flexibility index (Phi) is 6.43. The van der Waals surface area contributed by atoms with Crippen LogP contribution in [0.2, 0.25) is 0 Å². The highest BCUT2D eigenvalue weighted by atomic mass is 16.5. The first-order chi connectivity index (χ1) is 12.7. The number of carbonyl (C=O) groups excluding carboxylic acids is 1. The molecule has 0 aromatic rings. The highest BCUT2D eigenvalue weighted by Crippen LogP contribution is 2.63. The molecular formula is C25H42O2. The molecule has 0 aromatic carbocycles. The van der Waals surface area contributed by atoms with Gasteiger partial charge in [-0.3, -0.25) is 4.79 Å². The maximum Gasteiger partial charge on any atom is 0.307 e. The van der Waals surface area contributed by atoms with Crippen molar-refractivity contribution in [3.05, 3.63) is 11.8 Å². The second-order valence-electron chi connectivity index (χ2n) is 10.7. The van der Waals surface area contributed by atoms with Gasteiger partial charge in [0.25, 0.3) is 0 Å². The van der Waals surface area contributed by atoms with Gasteiger partial charge in [-0.2, -0.15) is 0 Å². The van der Waals surface area contributed by atoms with Crippen LogP contribution >= 0.6 is 0 Å². The molecule has 0 amide bonds. The summed E-state index contributed by atoms with van der Waals surface area (Å²) in [5.74, 6) is 6.16. The van der Waals surface area contributed by atoms with Crippen molar-refractivity contribution in [1.29, 1.82) is 0 Å². The number of rotatable bonds is 6. The summed E-state index contributed by atoms with van der Waals surface area (Å²) in [7, 11) is 0. The van der Waals surface area contributed by atoms with E-state index in [0.717, 1.165) is 41.8 Å². The monoisotopic (exact) mass is 374 g/mol. The van der Waals surface area contributed by atoms with Crippen molar-refractivity contribution in [1.82, 2.24) is 0 Å². The zero-order valence-corrected chi connectivity index (χ0v) is 18.6. The van der Waals surface area contributed by atoms with E-state index in [1.165, 1.54) is 51.9 Å². The van der Waals surface area contributed by atoms with Gasteiger partial charge in [0.15, 0.2) is 0 Å². The Morgan fingerprint density at radius 2 is 1.93 bits per heavy atom. The number of carbonyl (C=O) groups is 1. The predicted octanol–water partition coefficient (Wildman–Crippen LogP) is 6.99. The zero-order chi connectivity index (χ0) is 19.8. The van der Waals surface area contributed by atoms with Crippen molar-refractivity contribution >= 4 is 5.97 Å². The van der Waals surface area contributed by atoms with E-state index in [9.17, 15) is 4.79 Å². The van der Waals surface area contributed by atoms with Crippen LogP contribution in [0.4, 0.5) is 0 Å². The molecule has 0 radical (unpaired) electrons. The highest BCUT2D eigenvalue weighted by Gasteiger charge is 2.56. The van der Waals surface area contributed by atoms with Gasteiger partial charge < -0.3 is 4.74 Å². The minimum absolute atomic E-state index is 0.164. The van der Waals surface area contributed by atoms with Crippen LogP contribution in [0.5, 0.6) is 0 Å². The third-order valence-electron chi connectivity index (χ3n) is 8.64. The van der Waals surface area contributed by atoms with Crippen LogP contribution < -0.4 is 0 Å². The van der Waals surface area contributed by atoms with E-state index in [2.05, 4.69) is 40.7 Å². The third kappa shape index (κ3) is 4.15. The summed E-state index contributed by atoms with van der Waals surface area (Å²) < 4.78 is 5.53. The minimum atomic E-state index is -0.164. The van der Waals surface area contributed by atoms with E-state index < -0.39 is 0 Å². The Bertz CT molecular complexity index is 563. The van der Waals surface area contributed by atoms with Crippen LogP contribution in [0.1, 0.15) is 92.9 Å². The molecule has 0 bridgehead atoms. The first-order valence-electron chi connectivity index (χ1n) is 11.6. The first kappa shape index (κ1) is 20.9. The molecule has 2 nitrogen and oxygen atoms in total. The molecule has 27 heavy (non-hydrogen) atoms. The fraction of sp³-hybridized carbons (Fsp3) is 0.880. The van der Waals surface area contributed by atoms with Crippen LogP contribution in [-0.4, -0.2) is 5.97 Å². The molecule has 154 valence electrons. The molecule has 0 N–H and O–H groups in total. The summed E-state index contributed by atoms with van der Waals surface area (Å²) in [4.78, 5) is 11.4. The lowest BCUT2D eigenvalue weighted by molar-refractivity contribution is -0.139. The fourth-order valence-electron chi connectivity index (χ4n) is 7.25. The standard InChI is InChI=1S/C25H42O2/c1-16(2)8-7-9-17(3)22-11-12-23-21-10-13-24(27-19(5)26)18(4)20(21)14-15-25(22,23)6/h13,16-18,20-23H,7-12,14-15H2,1-6H3/t17-,18-,20-,21-,22-,23+,25+/m1/s1. The summed E-state index contributed by atoms with van der Waals surface area (Å²) in [5, 5.41) is 0. The van der Waals surface area contributed by atoms with Gasteiger partial charge in [-0.25, -0.2) is 0 Å². The predicted molar refractivity (Wildman–Crippen MR) is 112 cm³/mol. The Morgan fingerprint density at radius 3 is 2.59 bits per heavy atom. The molecule has 0 heterocycles. The summed E-state index contributed by atoms with van der Waals surface area (Å²) in [6, 6.07) is 0. The molecule has 3 rings (SSSR count). The van der Waals surface area contributed by atoms with E-state index >= 15 is 0 Å². The lowest BCUT2D eigenvalue weighted by Crippen LogP contribution is -2.45. The number of hydrogen-bond acceptors (Lipinski definition) is 2. The molecule has 2 saturated carbocycles. The Labute approximate surface area is 167 Å². The van der Waals surface area contributed by atoms with Crippen molar-refractivity contribution in [2.45, 2.75) is 92.9 Å². The average molecular weight is 375 g/mol. The van der Waals surface area contributed by atoms with Crippen molar-refractivity contribution in [3.63, 3.8) is 0 Å². The largest absolute Gasteiger partial charge is 0.431 e. The van der Waals surface area contributed by atoms with Gasteiger partial charge in [-0.1, -0.05) is 53.9 Å². The van der Waals surface area contributed by atoms with Gasteiger partial charge in [0.1, 0.15) is 5.76 Å². The molecule has 2 fully saturated rings.